The van der Waals surface area contributed by atoms with Gasteiger partial charge in [0.2, 0.25) is 5.91 Å². The number of anilines is 1. The van der Waals surface area contributed by atoms with Gasteiger partial charge in [-0.1, -0.05) is 18.2 Å². The number of piperazine rings is 1. The number of nitrogens with one attached hydrogen (secondary N) is 1. The molecule has 1 amide bonds. The molecule has 1 aliphatic rings. The lowest BCUT2D eigenvalue weighted by molar-refractivity contribution is -0.121. The molecule has 0 radical (unpaired) electrons. The summed E-state index contributed by atoms with van der Waals surface area (Å²) in [6.07, 6.45) is 0. The molecule has 8 heteroatoms. The number of benzene rings is 2. The molecule has 1 fully saturated rings. The van der Waals surface area contributed by atoms with Gasteiger partial charge in [-0.2, -0.15) is 0 Å². The third-order valence-electron chi connectivity index (χ3n) is 5.58. The Morgan fingerprint density at radius 3 is 2.57 bits per heavy atom. The number of hydrogen-bond acceptors (Lipinski definition) is 4. The second-order valence-electron chi connectivity index (χ2n) is 7.46. The third-order valence-corrected chi connectivity index (χ3v) is 6.59. The molecule has 0 spiro atoms. The van der Waals surface area contributed by atoms with Crippen molar-refractivity contribution in [1.29, 1.82) is 0 Å². The van der Waals surface area contributed by atoms with Gasteiger partial charge in [0, 0.05) is 37.4 Å². The van der Waals surface area contributed by atoms with Crippen molar-refractivity contribution in [3.05, 3.63) is 64.8 Å². The Bertz CT molecular complexity index is 1060. The van der Waals surface area contributed by atoms with Gasteiger partial charge in [0.1, 0.15) is 0 Å². The zero-order valence-electron chi connectivity index (χ0n) is 16.5. The number of fused-ring (bicyclic) bond motifs is 1. The van der Waals surface area contributed by atoms with E-state index in [1.54, 1.807) is 18.3 Å². The van der Waals surface area contributed by atoms with E-state index in [9.17, 15) is 18.0 Å². The van der Waals surface area contributed by atoms with Crippen molar-refractivity contribution >= 4 is 33.0 Å². The summed E-state index contributed by atoms with van der Waals surface area (Å²) in [5.41, 5.74) is 0.956. The van der Waals surface area contributed by atoms with Gasteiger partial charge in [-0.25, -0.2) is 13.2 Å². The number of halogens is 3. The fourth-order valence-electron chi connectivity index (χ4n) is 3.73. The Morgan fingerprint density at radius 2 is 1.80 bits per heavy atom. The van der Waals surface area contributed by atoms with E-state index in [0.717, 1.165) is 31.8 Å². The molecule has 0 bridgehead atoms. The highest BCUT2D eigenvalue weighted by atomic mass is 32.1. The average molecular weight is 433 g/mol. The summed E-state index contributed by atoms with van der Waals surface area (Å²) in [6, 6.07) is 9.67. The molecule has 158 valence electrons. The van der Waals surface area contributed by atoms with Crippen molar-refractivity contribution in [2.45, 2.75) is 19.5 Å². The fraction of sp³-hybridized carbons (Fsp3) is 0.318. The maximum absolute atomic E-state index is 13.8. The standard InChI is InChI=1S/C22H22F3N3OS/c1-14(22(29)26-18-7-6-17(23)20(24)21(18)25)28-10-8-27(9-11-28)12-15-13-30-19-5-3-2-4-16(15)19/h2-7,13-14H,8-12H2,1H3,(H,26,29). The zero-order valence-corrected chi connectivity index (χ0v) is 17.3. The Morgan fingerprint density at radius 1 is 1.07 bits per heavy atom. The van der Waals surface area contributed by atoms with Crippen LogP contribution in [0.15, 0.2) is 41.8 Å². The predicted molar refractivity (Wildman–Crippen MR) is 113 cm³/mol. The lowest BCUT2D eigenvalue weighted by Crippen LogP contribution is -2.52. The molecule has 2 heterocycles. The Labute approximate surface area is 176 Å². The van der Waals surface area contributed by atoms with Crippen LogP contribution in [0.3, 0.4) is 0 Å². The summed E-state index contributed by atoms with van der Waals surface area (Å²) in [5.74, 6) is -4.70. The summed E-state index contributed by atoms with van der Waals surface area (Å²) in [4.78, 5) is 16.9. The van der Waals surface area contributed by atoms with E-state index in [4.69, 9.17) is 0 Å². The minimum atomic E-state index is -1.59. The highest BCUT2D eigenvalue weighted by Crippen LogP contribution is 2.27. The number of thiophene rings is 1. The van der Waals surface area contributed by atoms with E-state index in [0.29, 0.717) is 13.1 Å². The van der Waals surface area contributed by atoms with Crippen LogP contribution in [-0.4, -0.2) is 47.9 Å². The minimum absolute atomic E-state index is 0.353. The number of amides is 1. The van der Waals surface area contributed by atoms with Gasteiger partial charge < -0.3 is 5.32 Å². The number of nitrogens with zero attached hydrogens (tertiary/aromatic N) is 2. The first-order valence-electron chi connectivity index (χ1n) is 9.80. The molecule has 0 aliphatic carbocycles. The van der Waals surface area contributed by atoms with Crippen molar-refractivity contribution in [2.75, 3.05) is 31.5 Å². The van der Waals surface area contributed by atoms with Gasteiger partial charge in [0.05, 0.1) is 11.7 Å². The van der Waals surface area contributed by atoms with E-state index < -0.39 is 29.4 Å². The smallest absolute Gasteiger partial charge is 0.241 e. The summed E-state index contributed by atoms with van der Waals surface area (Å²) >= 11 is 1.74. The number of carbonyl (C=O) groups excluding carboxylic acids is 1. The molecule has 30 heavy (non-hydrogen) atoms. The number of hydrogen-bond donors (Lipinski definition) is 1. The van der Waals surface area contributed by atoms with Crippen LogP contribution in [0.25, 0.3) is 10.1 Å². The summed E-state index contributed by atoms with van der Waals surface area (Å²) in [5, 5.41) is 5.85. The molecule has 1 aromatic heterocycles. The number of rotatable bonds is 5. The highest BCUT2D eigenvalue weighted by Gasteiger charge is 2.27. The van der Waals surface area contributed by atoms with Crippen molar-refractivity contribution in [1.82, 2.24) is 9.80 Å². The molecule has 1 N–H and O–H groups in total. The Hall–Kier alpha value is -2.42. The van der Waals surface area contributed by atoms with Gasteiger partial charge >= 0.3 is 0 Å². The van der Waals surface area contributed by atoms with Gasteiger partial charge in [0.25, 0.3) is 0 Å². The van der Waals surface area contributed by atoms with Gasteiger partial charge in [-0.3, -0.25) is 14.6 Å². The van der Waals surface area contributed by atoms with Crippen LogP contribution in [0.4, 0.5) is 18.9 Å². The summed E-state index contributed by atoms with van der Waals surface area (Å²) in [7, 11) is 0. The molecule has 2 aromatic carbocycles. The molecule has 1 unspecified atom stereocenters. The quantitative estimate of drug-likeness (QED) is 0.604. The van der Waals surface area contributed by atoms with Crippen LogP contribution in [0.5, 0.6) is 0 Å². The first-order chi connectivity index (χ1) is 14.4. The van der Waals surface area contributed by atoms with E-state index >= 15 is 0 Å². The van der Waals surface area contributed by atoms with Crippen LogP contribution >= 0.6 is 11.3 Å². The monoisotopic (exact) mass is 433 g/mol. The van der Waals surface area contributed by atoms with Gasteiger partial charge in [0.15, 0.2) is 17.5 Å². The van der Waals surface area contributed by atoms with E-state index in [-0.39, 0.29) is 5.69 Å². The van der Waals surface area contributed by atoms with Crippen LogP contribution in [-0.2, 0) is 11.3 Å². The first kappa shape index (κ1) is 20.8. The molecule has 1 atom stereocenters. The first-order valence-corrected chi connectivity index (χ1v) is 10.7. The Balaban J connectivity index is 1.33. The molecule has 4 rings (SSSR count). The van der Waals surface area contributed by atoms with E-state index in [1.807, 2.05) is 17.0 Å². The SMILES string of the molecule is CC(C(=O)Nc1ccc(F)c(F)c1F)N1CCN(Cc2csc3ccccc23)CC1. The van der Waals surface area contributed by atoms with Crippen molar-refractivity contribution in [2.24, 2.45) is 0 Å². The molecular weight excluding hydrogens is 411 g/mol. The third kappa shape index (κ3) is 4.21. The van der Waals surface area contributed by atoms with E-state index in [1.165, 1.54) is 15.6 Å². The Kier molecular flexibility index (Phi) is 6.08. The zero-order chi connectivity index (χ0) is 21.3. The maximum atomic E-state index is 13.8. The minimum Gasteiger partial charge on any atom is -0.322 e. The second kappa shape index (κ2) is 8.75. The fourth-order valence-corrected chi connectivity index (χ4v) is 4.68. The summed E-state index contributed by atoms with van der Waals surface area (Å²) in [6.45, 7) is 5.59. The molecule has 1 saturated heterocycles. The summed E-state index contributed by atoms with van der Waals surface area (Å²) < 4.78 is 41.5. The van der Waals surface area contributed by atoms with Crippen LogP contribution in [0.2, 0.25) is 0 Å². The van der Waals surface area contributed by atoms with Gasteiger partial charge in [-0.15, -0.1) is 11.3 Å². The van der Waals surface area contributed by atoms with Crippen LogP contribution < -0.4 is 5.32 Å². The maximum Gasteiger partial charge on any atom is 0.241 e. The van der Waals surface area contributed by atoms with Crippen molar-refractivity contribution in [3.8, 4) is 0 Å². The molecule has 4 nitrogen and oxygen atoms in total. The molecular formula is C22H22F3N3OS. The lowest BCUT2D eigenvalue weighted by atomic mass is 10.1. The van der Waals surface area contributed by atoms with Crippen LogP contribution in [0, 0.1) is 17.5 Å². The van der Waals surface area contributed by atoms with Gasteiger partial charge in [-0.05, 0) is 41.5 Å². The predicted octanol–water partition coefficient (Wildman–Crippen LogP) is 4.46. The van der Waals surface area contributed by atoms with Crippen molar-refractivity contribution < 1.29 is 18.0 Å². The largest absolute Gasteiger partial charge is 0.322 e. The molecule has 3 aromatic rings. The lowest BCUT2D eigenvalue weighted by Gasteiger charge is -2.37. The molecule has 1 aliphatic heterocycles. The molecule has 0 saturated carbocycles. The normalized spacial score (nSPS) is 16.7. The second-order valence-corrected chi connectivity index (χ2v) is 8.37. The van der Waals surface area contributed by atoms with E-state index in [2.05, 4.69) is 27.7 Å². The highest BCUT2D eigenvalue weighted by molar-refractivity contribution is 7.17. The van der Waals surface area contributed by atoms with Crippen LogP contribution in [0.1, 0.15) is 12.5 Å². The topological polar surface area (TPSA) is 35.6 Å². The average Bonchev–Trinajstić information content (AvgIpc) is 3.17. The number of carbonyl (C=O) groups is 1. The van der Waals surface area contributed by atoms with Crippen molar-refractivity contribution in [3.63, 3.8) is 0 Å².